The van der Waals surface area contributed by atoms with Crippen molar-refractivity contribution in [2.45, 2.75) is 25.4 Å². The van der Waals surface area contributed by atoms with Crippen molar-refractivity contribution < 1.29 is 41.7 Å². The minimum atomic E-state index is -3.59. The third-order valence-corrected chi connectivity index (χ3v) is 5.50. The van der Waals surface area contributed by atoms with Crippen molar-refractivity contribution in [2.75, 3.05) is 38.0 Å². The predicted molar refractivity (Wildman–Crippen MR) is 148 cm³/mol. The Kier molecular flexibility index (Phi) is 11.4. The van der Waals surface area contributed by atoms with E-state index in [0.717, 1.165) is 0 Å². The lowest BCUT2D eigenvalue weighted by Crippen LogP contribution is -2.21. The highest BCUT2D eigenvalue weighted by Crippen LogP contribution is 2.32. The molecule has 0 aliphatic carbocycles. The standard InChI is InChI=1S/C30H31F3N2O6/c31-14-1-2-15-38-26-11-7-23(8-12-26)30(32,33)41-27-9-4-21(5-10-27)6-13-28(36)39-16-3-17-40-29(37)22-18-24(34)20-25(35)19-22/h4-13,18-20H,1-3,14-17,34-35H2. The number of esters is 2. The summed E-state index contributed by atoms with van der Waals surface area (Å²) in [5.41, 5.74) is 12.4. The number of benzene rings is 3. The number of unbranched alkanes of at least 4 members (excludes halogenated alkanes) is 1. The van der Waals surface area contributed by atoms with E-state index in [9.17, 15) is 22.8 Å². The van der Waals surface area contributed by atoms with Gasteiger partial charge in [0.2, 0.25) is 0 Å². The van der Waals surface area contributed by atoms with E-state index in [-0.39, 0.29) is 36.5 Å². The zero-order valence-corrected chi connectivity index (χ0v) is 22.2. The second kappa shape index (κ2) is 15.2. The van der Waals surface area contributed by atoms with E-state index in [0.29, 0.717) is 42.1 Å². The summed E-state index contributed by atoms with van der Waals surface area (Å²) in [6, 6.07) is 15.3. The number of nitrogens with two attached hydrogens (primary N) is 2. The van der Waals surface area contributed by atoms with Gasteiger partial charge >= 0.3 is 18.0 Å². The molecule has 0 aliphatic heterocycles. The van der Waals surface area contributed by atoms with Gasteiger partial charge in [0.1, 0.15) is 11.5 Å². The van der Waals surface area contributed by atoms with E-state index in [1.54, 1.807) is 0 Å². The molecule has 0 aliphatic rings. The van der Waals surface area contributed by atoms with Crippen LogP contribution in [0.4, 0.5) is 24.5 Å². The van der Waals surface area contributed by atoms with Crippen molar-refractivity contribution in [3.63, 3.8) is 0 Å². The molecule has 0 saturated heterocycles. The summed E-state index contributed by atoms with van der Waals surface area (Å²) in [5, 5.41) is 0. The molecule has 0 spiro atoms. The van der Waals surface area contributed by atoms with E-state index >= 15 is 0 Å². The van der Waals surface area contributed by atoms with Gasteiger partial charge in [-0.05, 0) is 79.1 Å². The first-order chi connectivity index (χ1) is 19.7. The lowest BCUT2D eigenvalue weighted by molar-refractivity contribution is -0.185. The normalized spacial score (nSPS) is 11.3. The van der Waals surface area contributed by atoms with Crippen LogP contribution in [0.15, 0.2) is 72.8 Å². The molecule has 0 unspecified atom stereocenters. The average molecular weight is 573 g/mol. The van der Waals surface area contributed by atoms with E-state index in [2.05, 4.69) is 0 Å². The second-order valence-electron chi connectivity index (χ2n) is 8.84. The van der Waals surface area contributed by atoms with Crippen molar-refractivity contribution in [3.05, 3.63) is 89.5 Å². The van der Waals surface area contributed by atoms with Gasteiger partial charge in [-0.3, -0.25) is 4.39 Å². The maximum absolute atomic E-state index is 14.6. The molecule has 0 bridgehead atoms. The van der Waals surface area contributed by atoms with Crippen LogP contribution in [0.1, 0.15) is 40.7 Å². The molecule has 0 atom stereocenters. The monoisotopic (exact) mass is 572 g/mol. The highest BCUT2D eigenvalue weighted by Gasteiger charge is 2.34. The van der Waals surface area contributed by atoms with E-state index in [1.807, 2.05) is 0 Å². The SMILES string of the molecule is Nc1cc(N)cc(C(=O)OCCCOC(=O)C=Cc2ccc(OC(F)(F)c3ccc(OCCCCF)cc3)cc2)c1. The lowest BCUT2D eigenvalue weighted by atomic mass is 10.2. The number of halogens is 3. The van der Waals surface area contributed by atoms with Crippen LogP contribution in [-0.2, 0) is 20.4 Å². The maximum atomic E-state index is 14.6. The molecule has 0 heterocycles. The Hall–Kier alpha value is -4.67. The third-order valence-electron chi connectivity index (χ3n) is 5.50. The Morgan fingerprint density at radius 3 is 2.07 bits per heavy atom. The lowest BCUT2D eigenvalue weighted by Gasteiger charge is -2.18. The van der Waals surface area contributed by atoms with E-state index < -0.39 is 24.7 Å². The Morgan fingerprint density at radius 2 is 1.41 bits per heavy atom. The molecule has 218 valence electrons. The van der Waals surface area contributed by atoms with Gasteiger partial charge in [0.25, 0.3) is 0 Å². The molecule has 0 radical (unpaired) electrons. The van der Waals surface area contributed by atoms with Gasteiger partial charge in [0, 0.05) is 23.9 Å². The summed E-state index contributed by atoms with van der Waals surface area (Å²) in [6.45, 7) is -0.0880. The van der Waals surface area contributed by atoms with Crippen LogP contribution < -0.4 is 20.9 Å². The first-order valence-corrected chi connectivity index (χ1v) is 12.8. The van der Waals surface area contributed by atoms with Crippen LogP contribution in [-0.4, -0.2) is 38.4 Å². The van der Waals surface area contributed by atoms with Gasteiger partial charge in [-0.25, -0.2) is 9.59 Å². The summed E-state index contributed by atoms with van der Waals surface area (Å²) < 4.78 is 61.8. The number of ether oxygens (including phenoxy) is 4. The highest BCUT2D eigenvalue weighted by molar-refractivity contribution is 5.91. The first-order valence-electron chi connectivity index (χ1n) is 12.8. The Bertz CT molecular complexity index is 1290. The Balaban J connectivity index is 1.39. The molecule has 3 rings (SSSR count). The fourth-order valence-corrected chi connectivity index (χ4v) is 3.47. The zero-order chi connectivity index (χ0) is 29.7. The number of hydrogen-bond acceptors (Lipinski definition) is 8. The number of anilines is 2. The molecule has 41 heavy (non-hydrogen) atoms. The zero-order valence-electron chi connectivity index (χ0n) is 22.2. The second-order valence-corrected chi connectivity index (χ2v) is 8.84. The number of rotatable bonds is 15. The van der Waals surface area contributed by atoms with Gasteiger partial charge in [-0.15, -0.1) is 0 Å². The highest BCUT2D eigenvalue weighted by atomic mass is 19.3. The van der Waals surface area contributed by atoms with Crippen molar-refractivity contribution in [1.29, 1.82) is 0 Å². The van der Waals surface area contributed by atoms with Crippen LogP contribution in [0.5, 0.6) is 11.5 Å². The summed E-state index contributed by atoms with van der Waals surface area (Å²) >= 11 is 0. The molecule has 0 fully saturated rings. The van der Waals surface area contributed by atoms with Gasteiger partial charge in [-0.1, -0.05) is 12.1 Å². The van der Waals surface area contributed by atoms with Gasteiger partial charge in [0.15, 0.2) is 0 Å². The largest absolute Gasteiger partial charge is 0.494 e. The summed E-state index contributed by atoms with van der Waals surface area (Å²) in [5.74, 6) is -0.884. The molecular weight excluding hydrogens is 541 g/mol. The van der Waals surface area contributed by atoms with Crippen LogP contribution in [0.25, 0.3) is 6.08 Å². The van der Waals surface area contributed by atoms with Crippen molar-refractivity contribution in [3.8, 4) is 11.5 Å². The van der Waals surface area contributed by atoms with Crippen molar-refractivity contribution >= 4 is 29.4 Å². The third kappa shape index (κ3) is 10.4. The van der Waals surface area contributed by atoms with Crippen LogP contribution >= 0.6 is 0 Å². The number of hydrogen-bond donors (Lipinski definition) is 2. The van der Waals surface area contributed by atoms with E-state index in [4.69, 9.17) is 30.4 Å². The summed E-state index contributed by atoms with van der Waals surface area (Å²) in [4.78, 5) is 24.0. The molecule has 8 nitrogen and oxygen atoms in total. The number of alkyl halides is 3. The molecule has 4 N–H and O–H groups in total. The Labute approximate surface area is 235 Å². The van der Waals surface area contributed by atoms with Crippen LogP contribution in [0, 0.1) is 0 Å². The number of nitrogen functional groups attached to an aromatic ring is 2. The number of carbonyl (C=O) groups excluding carboxylic acids is 2. The molecular formula is C30H31F3N2O6. The summed E-state index contributed by atoms with van der Waals surface area (Å²) in [7, 11) is 0. The van der Waals surface area contributed by atoms with Crippen LogP contribution in [0.2, 0.25) is 0 Å². The molecule has 0 amide bonds. The molecule has 0 saturated carbocycles. The minimum Gasteiger partial charge on any atom is -0.494 e. The predicted octanol–water partition coefficient (Wildman–Crippen LogP) is 5.91. The quantitative estimate of drug-likeness (QED) is 0.0997. The van der Waals surface area contributed by atoms with Gasteiger partial charge in [0.05, 0.1) is 37.6 Å². The molecule has 0 aromatic heterocycles. The topological polar surface area (TPSA) is 123 Å². The first kappa shape index (κ1) is 30.9. The molecule has 11 heteroatoms. The molecule has 3 aromatic carbocycles. The van der Waals surface area contributed by atoms with Crippen LogP contribution in [0.3, 0.4) is 0 Å². The van der Waals surface area contributed by atoms with Crippen molar-refractivity contribution in [2.24, 2.45) is 0 Å². The maximum Gasteiger partial charge on any atom is 0.426 e. The fourth-order valence-electron chi connectivity index (χ4n) is 3.47. The number of carbonyl (C=O) groups is 2. The smallest absolute Gasteiger partial charge is 0.426 e. The fraction of sp³-hybridized carbons (Fsp3) is 0.267. The summed E-state index contributed by atoms with van der Waals surface area (Å²) in [6.07, 6.45) is 0.246. The average Bonchev–Trinajstić information content (AvgIpc) is 2.94. The minimum absolute atomic E-state index is 0.0175. The van der Waals surface area contributed by atoms with Crippen molar-refractivity contribution in [1.82, 2.24) is 0 Å². The Morgan fingerprint density at radius 1 is 0.780 bits per heavy atom. The van der Waals surface area contributed by atoms with Gasteiger partial charge in [-0.2, -0.15) is 8.78 Å². The molecule has 3 aromatic rings. The van der Waals surface area contributed by atoms with Gasteiger partial charge < -0.3 is 30.4 Å². The van der Waals surface area contributed by atoms with E-state index in [1.165, 1.54) is 78.9 Å².